The van der Waals surface area contributed by atoms with E-state index in [9.17, 15) is 13.6 Å². The lowest BCUT2D eigenvalue weighted by atomic mass is 10.1. The van der Waals surface area contributed by atoms with Crippen molar-refractivity contribution in [3.63, 3.8) is 0 Å². The maximum Gasteiger partial charge on any atom is 0.339 e. The van der Waals surface area contributed by atoms with Gasteiger partial charge in [0.15, 0.2) is 0 Å². The van der Waals surface area contributed by atoms with Gasteiger partial charge in [-0.3, -0.25) is 0 Å². The van der Waals surface area contributed by atoms with E-state index in [1.54, 1.807) is 0 Å². The normalized spacial score (nSPS) is 10.3. The molecule has 1 N–H and O–H groups in total. The number of halogens is 4. The lowest BCUT2D eigenvalue weighted by Gasteiger charge is -2.06. The Morgan fingerprint density at radius 3 is 2.50 bits per heavy atom. The number of rotatable bonds is 2. The Morgan fingerprint density at radius 1 is 1.50 bits per heavy atom. The highest BCUT2D eigenvalue weighted by atomic mass is 79.9. The molecule has 76 valence electrons. The van der Waals surface area contributed by atoms with Gasteiger partial charge >= 0.3 is 5.97 Å². The minimum absolute atomic E-state index is 0.0712. The van der Waals surface area contributed by atoms with E-state index in [4.69, 9.17) is 5.11 Å². The van der Waals surface area contributed by atoms with Gasteiger partial charge in [-0.1, -0.05) is 15.9 Å². The fraction of sp³-hybridized carbons (Fsp3) is 0.125. The molecule has 0 saturated carbocycles. The first-order valence-corrected chi connectivity index (χ1v) is 5.36. The zero-order valence-electron chi connectivity index (χ0n) is 6.65. The average molecular weight is 330 g/mol. The third-order valence-electron chi connectivity index (χ3n) is 1.61. The minimum atomic E-state index is -1.43. The topological polar surface area (TPSA) is 37.3 Å². The second-order valence-corrected chi connectivity index (χ2v) is 3.86. The molecule has 1 rings (SSSR count). The van der Waals surface area contributed by atoms with E-state index in [1.165, 1.54) is 0 Å². The maximum absolute atomic E-state index is 13.4. The Hall–Kier alpha value is -0.490. The molecule has 0 spiro atoms. The summed E-state index contributed by atoms with van der Waals surface area (Å²) in [5.74, 6) is -3.27. The van der Waals surface area contributed by atoms with Crippen LogP contribution in [0.1, 0.15) is 15.9 Å². The van der Waals surface area contributed by atoms with E-state index in [2.05, 4.69) is 31.9 Å². The first-order chi connectivity index (χ1) is 6.49. The number of alkyl halides is 1. The summed E-state index contributed by atoms with van der Waals surface area (Å²) in [6, 6.07) is 0.934. The highest BCUT2D eigenvalue weighted by molar-refractivity contribution is 9.10. The summed E-state index contributed by atoms with van der Waals surface area (Å²) in [4.78, 5) is 10.6. The van der Waals surface area contributed by atoms with Crippen LogP contribution in [-0.4, -0.2) is 11.1 Å². The number of aromatic carboxylic acids is 1. The number of carbonyl (C=O) groups is 1. The van der Waals surface area contributed by atoms with Crippen molar-refractivity contribution in [2.24, 2.45) is 0 Å². The Morgan fingerprint density at radius 2 is 2.07 bits per heavy atom. The summed E-state index contributed by atoms with van der Waals surface area (Å²) in [5.41, 5.74) is -0.841. The van der Waals surface area contributed by atoms with Crippen LogP contribution in [0, 0.1) is 11.6 Å². The van der Waals surface area contributed by atoms with Gasteiger partial charge in [0, 0.05) is 15.4 Å². The average Bonchev–Trinajstić information content (AvgIpc) is 2.02. The fourth-order valence-electron chi connectivity index (χ4n) is 0.950. The fourth-order valence-corrected chi connectivity index (χ4v) is 2.01. The van der Waals surface area contributed by atoms with Crippen LogP contribution in [0.15, 0.2) is 10.5 Å². The zero-order valence-corrected chi connectivity index (χ0v) is 9.82. The monoisotopic (exact) mass is 328 g/mol. The predicted molar refractivity (Wildman–Crippen MR) is 53.6 cm³/mol. The first kappa shape index (κ1) is 11.6. The molecule has 0 unspecified atom stereocenters. The number of hydrogen-bond donors (Lipinski definition) is 1. The van der Waals surface area contributed by atoms with Crippen molar-refractivity contribution in [3.05, 3.63) is 33.3 Å². The van der Waals surface area contributed by atoms with E-state index < -0.39 is 23.2 Å². The van der Waals surface area contributed by atoms with Crippen molar-refractivity contribution in [1.29, 1.82) is 0 Å². The van der Waals surface area contributed by atoms with Crippen LogP contribution in [0.4, 0.5) is 8.78 Å². The zero-order chi connectivity index (χ0) is 10.9. The molecule has 0 heterocycles. The number of carboxylic acid groups (broad SMARTS) is 1. The summed E-state index contributed by atoms with van der Waals surface area (Å²) in [7, 11) is 0. The molecule has 2 nitrogen and oxygen atoms in total. The second kappa shape index (κ2) is 4.35. The van der Waals surface area contributed by atoms with Crippen molar-refractivity contribution < 1.29 is 18.7 Å². The molecule has 0 aromatic heterocycles. The molecule has 0 aliphatic rings. The Kier molecular flexibility index (Phi) is 3.60. The number of benzene rings is 1. The molecule has 0 aliphatic heterocycles. The third-order valence-corrected chi connectivity index (χ3v) is 2.80. The van der Waals surface area contributed by atoms with Crippen LogP contribution >= 0.6 is 31.9 Å². The van der Waals surface area contributed by atoms with Gasteiger partial charge in [-0.15, -0.1) is 0 Å². The predicted octanol–water partition coefficient (Wildman–Crippen LogP) is 3.32. The van der Waals surface area contributed by atoms with Crippen LogP contribution in [0.2, 0.25) is 0 Å². The van der Waals surface area contributed by atoms with E-state index in [0.29, 0.717) is 0 Å². The first-order valence-electron chi connectivity index (χ1n) is 3.44. The van der Waals surface area contributed by atoms with Crippen molar-refractivity contribution in [3.8, 4) is 0 Å². The third kappa shape index (κ3) is 1.95. The van der Waals surface area contributed by atoms with Crippen LogP contribution in [0.3, 0.4) is 0 Å². The van der Waals surface area contributed by atoms with Crippen LogP contribution < -0.4 is 0 Å². The van der Waals surface area contributed by atoms with Crippen molar-refractivity contribution >= 4 is 37.8 Å². The summed E-state index contributed by atoms with van der Waals surface area (Å²) in [6.07, 6.45) is 0. The number of hydrogen-bond acceptors (Lipinski definition) is 1. The second-order valence-electron chi connectivity index (χ2n) is 2.45. The Labute approximate surface area is 95.2 Å². The SMILES string of the molecule is O=C(O)c1c(Br)cc(F)c(CBr)c1F. The lowest BCUT2D eigenvalue weighted by Crippen LogP contribution is -2.06. The summed E-state index contributed by atoms with van der Waals surface area (Å²) in [6.45, 7) is 0. The van der Waals surface area contributed by atoms with Crippen LogP contribution in [-0.2, 0) is 5.33 Å². The quantitative estimate of drug-likeness (QED) is 0.845. The molecule has 0 aliphatic carbocycles. The molecular weight excluding hydrogens is 326 g/mol. The molecule has 1 aromatic rings. The molecule has 0 amide bonds. The van der Waals surface area contributed by atoms with E-state index >= 15 is 0 Å². The maximum atomic E-state index is 13.4. The number of carboxylic acids is 1. The molecule has 0 bridgehead atoms. The van der Waals surface area contributed by atoms with Gasteiger partial charge in [-0.25, -0.2) is 13.6 Å². The molecule has 0 fully saturated rings. The molecule has 0 atom stereocenters. The lowest BCUT2D eigenvalue weighted by molar-refractivity contribution is 0.0690. The van der Waals surface area contributed by atoms with Crippen molar-refractivity contribution in [2.75, 3.05) is 0 Å². The van der Waals surface area contributed by atoms with Crippen molar-refractivity contribution in [1.82, 2.24) is 0 Å². The van der Waals surface area contributed by atoms with Crippen molar-refractivity contribution in [2.45, 2.75) is 5.33 Å². The van der Waals surface area contributed by atoms with Gasteiger partial charge in [0.25, 0.3) is 0 Å². The van der Waals surface area contributed by atoms with Gasteiger partial charge in [0.1, 0.15) is 17.2 Å². The van der Waals surface area contributed by atoms with E-state index in [-0.39, 0.29) is 15.4 Å². The largest absolute Gasteiger partial charge is 0.478 e. The highest BCUT2D eigenvalue weighted by Crippen LogP contribution is 2.26. The Bertz CT molecular complexity index is 393. The Balaban J connectivity index is 3.52. The van der Waals surface area contributed by atoms with Crippen LogP contribution in [0.5, 0.6) is 0 Å². The van der Waals surface area contributed by atoms with E-state index in [1.807, 2.05) is 0 Å². The van der Waals surface area contributed by atoms with Gasteiger partial charge in [0.2, 0.25) is 0 Å². The standard InChI is InChI=1S/C8H4Br2F2O2/c9-2-3-5(11)1-4(10)6(7(3)12)8(13)14/h1H,2H2,(H,13,14). The van der Waals surface area contributed by atoms with Crippen LogP contribution in [0.25, 0.3) is 0 Å². The molecule has 14 heavy (non-hydrogen) atoms. The summed E-state index contributed by atoms with van der Waals surface area (Å²) in [5, 5.41) is 8.58. The van der Waals surface area contributed by atoms with Gasteiger partial charge in [0.05, 0.1) is 0 Å². The molecule has 0 radical (unpaired) electrons. The smallest absolute Gasteiger partial charge is 0.339 e. The van der Waals surface area contributed by atoms with E-state index in [0.717, 1.165) is 6.07 Å². The summed E-state index contributed by atoms with van der Waals surface area (Å²) >= 11 is 5.66. The van der Waals surface area contributed by atoms with Gasteiger partial charge in [-0.2, -0.15) is 0 Å². The molecular formula is C8H4Br2F2O2. The van der Waals surface area contributed by atoms with Gasteiger partial charge in [-0.05, 0) is 22.0 Å². The van der Waals surface area contributed by atoms with Gasteiger partial charge < -0.3 is 5.11 Å². The molecule has 0 saturated heterocycles. The minimum Gasteiger partial charge on any atom is -0.478 e. The summed E-state index contributed by atoms with van der Waals surface area (Å²) < 4.78 is 26.3. The molecule has 1 aromatic carbocycles. The molecule has 6 heteroatoms. The highest BCUT2D eigenvalue weighted by Gasteiger charge is 2.21.